The Kier molecular flexibility index (Phi) is 7.34. The van der Waals surface area contributed by atoms with Gasteiger partial charge in [0, 0.05) is 12.1 Å². The van der Waals surface area contributed by atoms with Crippen LogP contribution < -0.4 is 9.47 Å². The molecule has 1 N–H and O–H groups in total. The fraction of sp³-hybridized carbons (Fsp3) is 0.360. The minimum Gasteiger partial charge on any atom is -0.507 e. The zero-order valence-electron chi connectivity index (χ0n) is 18.3. The lowest BCUT2D eigenvalue weighted by atomic mass is 9.95. The maximum absolute atomic E-state index is 13.0. The van der Waals surface area contributed by atoms with Crippen LogP contribution >= 0.6 is 0 Å². The highest BCUT2D eigenvalue weighted by molar-refractivity contribution is 6.46. The SMILES string of the molecule is CCCCCCN1C(=O)C(=O)/C(=C(/O)c2ccccc2)C1c1ccc(OC)c(OC)c1. The molecule has 1 atom stereocenters. The molecule has 1 saturated heterocycles. The van der Waals surface area contributed by atoms with Gasteiger partial charge in [-0.25, -0.2) is 0 Å². The number of nitrogens with zero attached hydrogens (tertiary/aromatic N) is 1. The van der Waals surface area contributed by atoms with Crippen molar-refractivity contribution in [1.82, 2.24) is 4.90 Å². The second-order valence-electron chi connectivity index (χ2n) is 7.53. The van der Waals surface area contributed by atoms with Crippen molar-refractivity contribution in [2.24, 2.45) is 0 Å². The van der Waals surface area contributed by atoms with Gasteiger partial charge in [-0.2, -0.15) is 0 Å². The predicted octanol–water partition coefficient (Wildman–Crippen LogP) is 4.71. The van der Waals surface area contributed by atoms with Crippen molar-refractivity contribution in [2.45, 2.75) is 38.6 Å². The quantitative estimate of drug-likeness (QED) is 0.274. The van der Waals surface area contributed by atoms with Crippen LogP contribution in [0.4, 0.5) is 0 Å². The Bertz CT molecular complexity index is 967. The summed E-state index contributed by atoms with van der Waals surface area (Å²) in [7, 11) is 3.08. The lowest BCUT2D eigenvalue weighted by Crippen LogP contribution is -2.30. The van der Waals surface area contributed by atoms with Crippen LogP contribution in [-0.2, 0) is 9.59 Å². The summed E-state index contributed by atoms with van der Waals surface area (Å²) in [5.74, 6) is -0.384. The standard InChI is InChI=1S/C25H29NO5/c1-4-5-6-10-15-26-22(18-13-14-19(30-2)20(16-18)31-3)21(24(28)25(26)29)23(27)17-11-8-7-9-12-17/h7-9,11-14,16,22,27H,4-6,10,15H2,1-3H3/b23-21+. The number of amides is 1. The molecule has 164 valence electrons. The minimum atomic E-state index is -0.693. The van der Waals surface area contributed by atoms with E-state index < -0.39 is 17.7 Å². The first-order chi connectivity index (χ1) is 15.0. The van der Waals surface area contributed by atoms with Gasteiger partial charge in [0.25, 0.3) is 11.7 Å². The second kappa shape index (κ2) is 10.2. The summed E-state index contributed by atoms with van der Waals surface area (Å²) in [6.45, 7) is 2.56. The van der Waals surface area contributed by atoms with Gasteiger partial charge < -0.3 is 19.5 Å². The Morgan fingerprint density at radius 2 is 1.68 bits per heavy atom. The molecular formula is C25H29NO5. The molecular weight excluding hydrogens is 394 g/mol. The van der Waals surface area contributed by atoms with Crippen molar-refractivity contribution in [1.29, 1.82) is 0 Å². The van der Waals surface area contributed by atoms with Crippen LogP contribution in [0, 0.1) is 0 Å². The first-order valence-electron chi connectivity index (χ1n) is 10.6. The number of likely N-dealkylation sites (tertiary alicyclic amines) is 1. The van der Waals surface area contributed by atoms with Crippen molar-refractivity contribution < 1.29 is 24.2 Å². The largest absolute Gasteiger partial charge is 0.507 e. The zero-order chi connectivity index (χ0) is 22.4. The van der Waals surface area contributed by atoms with E-state index in [2.05, 4.69) is 6.92 Å². The van der Waals surface area contributed by atoms with E-state index >= 15 is 0 Å². The molecule has 1 aliphatic heterocycles. The number of unbranched alkanes of at least 4 members (excludes halogenated alkanes) is 3. The first kappa shape index (κ1) is 22.4. The van der Waals surface area contributed by atoms with Crippen LogP contribution in [0.3, 0.4) is 0 Å². The number of ketones is 1. The molecule has 1 fully saturated rings. The van der Waals surface area contributed by atoms with Crippen LogP contribution in [-0.4, -0.2) is 42.5 Å². The molecule has 2 aromatic rings. The summed E-state index contributed by atoms with van der Waals surface area (Å²) in [5, 5.41) is 11.0. The van der Waals surface area contributed by atoms with Gasteiger partial charge in [0.15, 0.2) is 11.5 Å². The van der Waals surface area contributed by atoms with E-state index in [0.29, 0.717) is 29.2 Å². The third-order valence-corrected chi connectivity index (χ3v) is 5.56. The van der Waals surface area contributed by atoms with Crippen LogP contribution in [0.2, 0.25) is 0 Å². The number of benzene rings is 2. The molecule has 0 aliphatic carbocycles. The topological polar surface area (TPSA) is 76.1 Å². The molecule has 1 amide bonds. The Labute approximate surface area is 183 Å². The summed E-state index contributed by atoms with van der Waals surface area (Å²) < 4.78 is 10.8. The van der Waals surface area contributed by atoms with Gasteiger partial charge in [-0.3, -0.25) is 9.59 Å². The van der Waals surface area contributed by atoms with Gasteiger partial charge in [0.1, 0.15) is 5.76 Å². The van der Waals surface area contributed by atoms with E-state index in [1.807, 2.05) is 6.07 Å². The van der Waals surface area contributed by atoms with Crippen LogP contribution in [0.5, 0.6) is 11.5 Å². The number of rotatable bonds is 9. The molecule has 0 spiro atoms. The Hall–Kier alpha value is -3.28. The Morgan fingerprint density at radius 1 is 0.968 bits per heavy atom. The molecule has 1 unspecified atom stereocenters. The van der Waals surface area contributed by atoms with E-state index in [0.717, 1.165) is 25.7 Å². The number of carbonyl (C=O) groups excluding carboxylic acids is 2. The van der Waals surface area contributed by atoms with Gasteiger partial charge in [-0.15, -0.1) is 0 Å². The molecule has 0 aromatic heterocycles. The fourth-order valence-corrected chi connectivity index (χ4v) is 3.94. The molecule has 1 aliphatic rings. The number of carbonyl (C=O) groups is 2. The number of Topliss-reactive ketones (excluding diaryl/α,β-unsaturated/α-hetero) is 1. The summed E-state index contributed by atoms with van der Waals surface area (Å²) in [4.78, 5) is 27.5. The van der Waals surface area contributed by atoms with Gasteiger partial charge in [-0.05, 0) is 24.1 Å². The monoisotopic (exact) mass is 423 g/mol. The molecule has 1 heterocycles. The molecule has 3 rings (SSSR count). The summed E-state index contributed by atoms with van der Waals surface area (Å²) >= 11 is 0. The molecule has 6 nitrogen and oxygen atoms in total. The van der Waals surface area contributed by atoms with E-state index in [-0.39, 0.29) is 11.3 Å². The maximum Gasteiger partial charge on any atom is 0.295 e. The summed E-state index contributed by atoms with van der Waals surface area (Å²) in [6, 6.07) is 13.4. The van der Waals surface area contributed by atoms with Crippen molar-refractivity contribution in [3.63, 3.8) is 0 Å². The molecule has 2 aromatic carbocycles. The van der Waals surface area contributed by atoms with E-state index in [1.54, 1.807) is 54.5 Å². The van der Waals surface area contributed by atoms with Gasteiger partial charge in [-0.1, -0.05) is 62.6 Å². The van der Waals surface area contributed by atoms with Crippen molar-refractivity contribution >= 4 is 17.4 Å². The van der Waals surface area contributed by atoms with Crippen LogP contribution in [0.25, 0.3) is 5.76 Å². The van der Waals surface area contributed by atoms with E-state index in [9.17, 15) is 14.7 Å². The molecule has 0 bridgehead atoms. The first-order valence-corrected chi connectivity index (χ1v) is 10.6. The predicted molar refractivity (Wildman–Crippen MR) is 119 cm³/mol. The molecule has 6 heteroatoms. The van der Waals surface area contributed by atoms with Gasteiger partial charge in [0.2, 0.25) is 0 Å². The van der Waals surface area contributed by atoms with Crippen molar-refractivity contribution in [3.05, 3.63) is 65.2 Å². The smallest absolute Gasteiger partial charge is 0.295 e. The number of methoxy groups -OCH3 is 2. The number of hydrogen-bond acceptors (Lipinski definition) is 5. The zero-order valence-corrected chi connectivity index (χ0v) is 18.3. The van der Waals surface area contributed by atoms with Crippen molar-refractivity contribution in [2.75, 3.05) is 20.8 Å². The highest BCUT2D eigenvalue weighted by atomic mass is 16.5. The van der Waals surface area contributed by atoms with E-state index in [1.165, 1.54) is 7.11 Å². The summed E-state index contributed by atoms with van der Waals surface area (Å²) in [6.07, 6.45) is 3.90. The average molecular weight is 424 g/mol. The number of aliphatic hydroxyl groups excluding tert-OH is 1. The average Bonchev–Trinajstić information content (AvgIpc) is 3.06. The Balaban J connectivity index is 2.10. The minimum absolute atomic E-state index is 0.0962. The second-order valence-corrected chi connectivity index (χ2v) is 7.53. The lowest BCUT2D eigenvalue weighted by molar-refractivity contribution is -0.139. The fourth-order valence-electron chi connectivity index (χ4n) is 3.94. The number of aliphatic hydroxyl groups is 1. The third kappa shape index (κ3) is 4.58. The lowest BCUT2D eigenvalue weighted by Gasteiger charge is -2.26. The number of hydrogen-bond donors (Lipinski definition) is 1. The molecule has 0 saturated carbocycles. The van der Waals surface area contributed by atoms with Gasteiger partial charge >= 0.3 is 0 Å². The number of ether oxygens (including phenoxy) is 2. The van der Waals surface area contributed by atoms with Crippen molar-refractivity contribution in [3.8, 4) is 11.5 Å². The molecule has 0 radical (unpaired) electrons. The maximum atomic E-state index is 13.0. The molecule has 31 heavy (non-hydrogen) atoms. The highest BCUT2D eigenvalue weighted by Gasteiger charge is 2.46. The van der Waals surface area contributed by atoms with Gasteiger partial charge in [0.05, 0.1) is 25.8 Å². The van der Waals surface area contributed by atoms with E-state index in [4.69, 9.17) is 9.47 Å². The highest BCUT2D eigenvalue weighted by Crippen LogP contribution is 2.42. The summed E-state index contributed by atoms with van der Waals surface area (Å²) in [5.41, 5.74) is 1.28. The Morgan fingerprint density at radius 3 is 2.32 bits per heavy atom. The third-order valence-electron chi connectivity index (χ3n) is 5.56. The van der Waals surface area contributed by atoms with Crippen LogP contribution in [0.1, 0.15) is 49.8 Å². The van der Waals surface area contributed by atoms with Crippen LogP contribution in [0.15, 0.2) is 54.1 Å². The normalized spacial score (nSPS) is 17.8.